The maximum atomic E-state index is 11.7. The molecule has 5 aromatic rings. The smallest absolute Gasteiger partial charge is 0.446 e. The molecule has 244 valence electrons. The quantitative estimate of drug-likeness (QED) is 0.132. The van der Waals surface area contributed by atoms with Crippen molar-refractivity contribution in [3.63, 3.8) is 0 Å². The van der Waals surface area contributed by atoms with E-state index in [4.69, 9.17) is 23.1 Å². The van der Waals surface area contributed by atoms with Gasteiger partial charge in [0.15, 0.2) is 23.0 Å². The summed E-state index contributed by atoms with van der Waals surface area (Å²) in [7, 11) is -4.92. The van der Waals surface area contributed by atoms with Crippen LogP contribution in [0, 0.1) is 0 Å². The van der Waals surface area contributed by atoms with Crippen LogP contribution in [-0.2, 0) is 10.4 Å². The normalized spacial score (nSPS) is 11.2. The molecular formula is C30H15Br7O9S. The number of aromatic hydroxyl groups is 1. The second kappa shape index (κ2) is 15.4. The van der Waals surface area contributed by atoms with E-state index in [1.54, 1.807) is 54.6 Å². The van der Waals surface area contributed by atoms with Crippen LogP contribution in [0.15, 0.2) is 110 Å². The van der Waals surface area contributed by atoms with E-state index in [-0.39, 0.29) is 39.0 Å². The third-order valence-electron chi connectivity index (χ3n) is 5.79. The lowest BCUT2D eigenvalue weighted by atomic mass is 10.2. The number of rotatable bonds is 10. The third-order valence-corrected chi connectivity index (χ3v) is 10.4. The van der Waals surface area contributed by atoms with Gasteiger partial charge >= 0.3 is 10.4 Å². The Balaban J connectivity index is 1.59. The Bertz CT molecular complexity index is 2110. The standard InChI is InChI=1S/C30H15Br7O9S/c31-14-1-5-23(19(34)9-14)43-27-13-17(42-16-3-4-22(38)18(33)11-16)12-21(36)29(27)45-25-7-8-26(46-47(39,40)41)30(28(25)37)44-24-6-2-15(32)10-20(24)35/h1-13,38H,(H,39,40,41). The molecule has 0 saturated heterocycles. The Hall–Kier alpha value is -1.83. The first-order chi connectivity index (χ1) is 22.2. The largest absolute Gasteiger partial charge is 0.507 e. The van der Waals surface area contributed by atoms with Crippen LogP contribution < -0.4 is 23.1 Å². The van der Waals surface area contributed by atoms with Crippen LogP contribution in [0.3, 0.4) is 0 Å². The first kappa shape index (κ1) is 36.5. The van der Waals surface area contributed by atoms with Crippen LogP contribution in [0.5, 0.6) is 57.5 Å². The lowest BCUT2D eigenvalue weighted by molar-refractivity contribution is 0.369. The maximum absolute atomic E-state index is 11.7. The zero-order chi connectivity index (χ0) is 34.0. The summed E-state index contributed by atoms with van der Waals surface area (Å²) in [4.78, 5) is 0. The molecule has 0 aliphatic rings. The van der Waals surface area contributed by atoms with Crippen molar-refractivity contribution in [3.8, 4) is 57.5 Å². The minimum atomic E-state index is -4.92. The van der Waals surface area contributed by atoms with Crippen molar-refractivity contribution in [3.05, 3.63) is 110 Å². The molecule has 0 fully saturated rings. The maximum Gasteiger partial charge on any atom is 0.446 e. The number of ether oxygens (including phenoxy) is 4. The highest BCUT2D eigenvalue weighted by Crippen LogP contribution is 2.51. The van der Waals surface area contributed by atoms with Gasteiger partial charge in [-0.15, -0.1) is 0 Å². The van der Waals surface area contributed by atoms with Crippen LogP contribution in [0.2, 0.25) is 0 Å². The second-order valence-corrected chi connectivity index (χ2v) is 16.2. The van der Waals surface area contributed by atoms with Crippen molar-refractivity contribution in [1.29, 1.82) is 0 Å². The first-order valence-electron chi connectivity index (χ1n) is 12.6. The highest BCUT2D eigenvalue weighted by atomic mass is 79.9. The van der Waals surface area contributed by atoms with Crippen molar-refractivity contribution in [2.45, 2.75) is 0 Å². The van der Waals surface area contributed by atoms with E-state index >= 15 is 0 Å². The van der Waals surface area contributed by atoms with E-state index in [1.807, 2.05) is 6.07 Å². The fraction of sp³-hybridized carbons (Fsp3) is 0. The molecule has 0 heterocycles. The van der Waals surface area contributed by atoms with Gasteiger partial charge in [-0.3, -0.25) is 4.55 Å². The molecule has 2 N–H and O–H groups in total. The molecule has 0 aliphatic carbocycles. The zero-order valence-corrected chi connectivity index (χ0v) is 34.7. The number of phenols is 1. The lowest BCUT2D eigenvalue weighted by Crippen LogP contribution is -2.08. The predicted molar refractivity (Wildman–Crippen MR) is 200 cm³/mol. The summed E-state index contributed by atoms with van der Waals surface area (Å²) in [5.41, 5.74) is 0. The molecule has 0 aromatic heterocycles. The van der Waals surface area contributed by atoms with Gasteiger partial charge in [0, 0.05) is 15.0 Å². The minimum absolute atomic E-state index is 0.0563. The monoisotopic (exact) mass is 1100 g/mol. The number of hydrogen-bond donors (Lipinski definition) is 2. The molecule has 0 bridgehead atoms. The van der Waals surface area contributed by atoms with E-state index in [1.165, 1.54) is 18.2 Å². The molecule has 0 radical (unpaired) electrons. The number of phenolic OH excluding ortho intramolecular Hbond substituents is 1. The number of halogens is 7. The average molecular weight is 1110 g/mol. The van der Waals surface area contributed by atoms with E-state index in [0.717, 1.165) is 8.95 Å². The van der Waals surface area contributed by atoms with Crippen molar-refractivity contribution in [2.24, 2.45) is 0 Å². The summed E-state index contributed by atoms with van der Waals surface area (Å²) < 4.78 is 66.1. The Morgan fingerprint density at radius 2 is 1.04 bits per heavy atom. The summed E-state index contributed by atoms with van der Waals surface area (Å²) in [5, 5.41) is 9.88. The lowest BCUT2D eigenvalue weighted by Gasteiger charge is -2.19. The number of hydrogen-bond acceptors (Lipinski definition) is 8. The van der Waals surface area contributed by atoms with Gasteiger partial charge in [-0.25, -0.2) is 0 Å². The van der Waals surface area contributed by atoms with Crippen LogP contribution >= 0.6 is 112 Å². The van der Waals surface area contributed by atoms with Crippen LogP contribution in [0.25, 0.3) is 0 Å². The fourth-order valence-electron chi connectivity index (χ4n) is 3.79. The molecule has 0 atom stereocenters. The molecule has 0 saturated carbocycles. The summed E-state index contributed by atoms with van der Waals surface area (Å²) in [5.74, 6) is 1.77. The van der Waals surface area contributed by atoms with Gasteiger partial charge in [0.1, 0.15) is 39.0 Å². The summed E-state index contributed by atoms with van der Waals surface area (Å²) in [6, 6.07) is 21.1. The molecule has 17 heteroatoms. The molecule has 5 rings (SSSR count). The van der Waals surface area contributed by atoms with Gasteiger partial charge in [0.25, 0.3) is 0 Å². The Kier molecular flexibility index (Phi) is 11.9. The topological polar surface area (TPSA) is 121 Å². The summed E-state index contributed by atoms with van der Waals surface area (Å²) >= 11 is 24.0. The molecule has 47 heavy (non-hydrogen) atoms. The van der Waals surface area contributed by atoms with Gasteiger partial charge in [-0.05, 0) is 152 Å². The van der Waals surface area contributed by atoms with Gasteiger partial charge in [-0.2, -0.15) is 8.42 Å². The van der Waals surface area contributed by atoms with Gasteiger partial charge in [-0.1, -0.05) is 31.9 Å². The number of benzene rings is 5. The molecular weight excluding hydrogens is 1100 g/mol. The SMILES string of the molecule is O=S(=O)(O)Oc1ccc(Oc2c(Br)cc(Oc3ccc(O)c(Br)c3)cc2Oc2ccc(Br)cc2Br)c(Br)c1Oc1ccc(Br)cc1Br. The van der Waals surface area contributed by atoms with Gasteiger partial charge < -0.3 is 28.2 Å². The van der Waals surface area contributed by atoms with Gasteiger partial charge in [0.2, 0.25) is 0 Å². The highest BCUT2D eigenvalue weighted by molar-refractivity contribution is 9.11. The molecule has 0 unspecified atom stereocenters. The molecule has 0 amide bonds. The minimum Gasteiger partial charge on any atom is -0.507 e. The van der Waals surface area contributed by atoms with Crippen molar-refractivity contribution >= 4 is 122 Å². The Labute approximate surface area is 327 Å². The summed E-state index contributed by atoms with van der Waals surface area (Å²) in [6.07, 6.45) is 0. The predicted octanol–water partition coefficient (Wildman–Crippen LogP) is 13.1. The average Bonchev–Trinajstić information content (AvgIpc) is 2.97. The molecule has 0 spiro atoms. The first-order valence-corrected chi connectivity index (χ1v) is 19.5. The summed E-state index contributed by atoms with van der Waals surface area (Å²) in [6.45, 7) is 0. The molecule has 5 aromatic carbocycles. The van der Waals surface area contributed by atoms with E-state index in [2.05, 4.69) is 112 Å². The third kappa shape index (κ3) is 9.45. The highest BCUT2D eigenvalue weighted by Gasteiger charge is 2.24. The van der Waals surface area contributed by atoms with E-state index in [9.17, 15) is 18.1 Å². The van der Waals surface area contributed by atoms with Crippen LogP contribution in [-0.4, -0.2) is 18.1 Å². The van der Waals surface area contributed by atoms with Crippen LogP contribution in [0.4, 0.5) is 0 Å². The van der Waals surface area contributed by atoms with Crippen molar-refractivity contribution < 1.29 is 41.2 Å². The van der Waals surface area contributed by atoms with Crippen molar-refractivity contribution in [2.75, 3.05) is 0 Å². The Morgan fingerprint density at radius 3 is 1.64 bits per heavy atom. The second-order valence-electron chi connectivity index (χ2n) is 9.12. The fourth-order valence-corrected chi connectivity index (χ4v) is 7.76. The van der Waals surface area contributed by atoms with Gasteiger partial charge in [0.05, 0.1) is 17.9 Å². The van der Waals surface area contributed by atoms with E-state index < -0.39 is 10.4 Å². The molecule has 0 aliphatic heterocycles. The molecule has 9 nitrogen and oxygen atoms in total. The van der Waals surface area contributed by atoms with Crippen LogP contribution in [0.1, 0.15) is 0 Å². The van der Waals surface area contributed by atoms with E-state index in [0.29, 0.717) is 40.9 Å². The zero-order valence-electron chi connectivity index (χ0n) is 22.8. The van der Waals surface area contributed by atoms with Crippen molar-refractivity contribution in [1.82, 2.24) is 0 Å². The Morgan fingerprint density at radius 1 is 0.489 bits per heavy atom.